The lowest BCUT2D eigenvalue weighted by Gasteiger charge is -2.63. The van der Waals surface area contributed by atoms with Crippen molar-refractivity contribution in [3.63, 3.8) is 0 Å². The summed E-state index contributed by atoms with van der Waals surface area (Å²) in [6.45, 7) is 9.60. The van der Waals surface area contributed by atoms with Crippen molar-refractivity contribution < 1.29 is 4.42 Å². The summed E-state index contributed by atoms with van der Waals surface area (Å²) in [5, 5.41) is 2.53. The van der Waals surface area contributed by atoms with E-state index in [9.17, 15) is 0 Å². The van der Waals surface area contributed by atoms with Crippen LogP contribution in [0.3, 0.4) is 0 Å². The maximum Gasteiger partial charge on any atom is 0.139 e. The molecule has 4 fully saturated rings. The van der Waals surface area contributed by atoms with Crippen molar-refractivity contribution in [2.24, 2.45) is 5.92 Å². The monoisotopic (exact) mass is 332 g/mol. The fraction of sp³-hybridized carbons (Fsp3) is 0.455. The minimum absolute atomic E-state index is 0.205. The number of furan rings is 1. The number of hydrogen-bond acceptors (Lipinski definition) is 3. The number of fused-ring (bicyclic) bond motifs is 3. The largest absolute Gasteiger partial charge is 0.456 e. The molecular formula is C22H24N2O. The van der Waals surface area contributed by atoms with Crippen molar-refractivity contribution in [2.75, 3.05) is 26.3 Å². The number of para-hydroxylation sites is 1. The maximum atomic E-state index is 6.47. The summed E-state index contributed by atoms with van der Waals surface area (Å²) < 4.78 is 6.47. The highest BCUT2D eigenvalue weighted by molar-refractivity contribution is 6.06. The molecule has 0 aliphatic carbocycles. The first-order valence-electron chi connectivity index (χ1n) is 9.53. The molecule has 0 N–H and O–H groups in total. The zero-order valence-electron chi connectivity index (χ0n) is 15.0. The number of rotatable bonds is 1. The molecule has 0 saturated carbocycles. The minimum Gasteiger partial charge on any atom is -0.456 e. The van der Waals surface area contributed by atoms with Gasteiger partial charge in [-0.2, -0.15) is 0 Å². The van der Waals surface area contributed by atoms with Crippen LogP contribution >= 0.6 is 0 Å². The van der Waals surface area contributed by atoms with Crippen molar-refractivity contribution in [1.82, 2.24) is 9.80 Å². The van der Waals surface area contributed by atoms with Gasteiger partial charge in [-0.05, 0) is 37.8 Å². The fourth-order valence-electron chi connectivity index (χ4n) is 6.18. The lowest BCUT2D eigenvalue weighted by molar-refractivity contribution is -0.120. The quantitative estimate of drug-likeness (QED) is 0.668. The molecule has 3 nitrogen and oxygen atoms in total. The van der Waals surface area contributed by atoms with Gasteiger partial charge in [-0.3, -0.25) is 9.80 Å². The standard InChI is InChI=1S/C22H24N2O/c1-14-7-8-18-17-5-3-4-6-19(17)25-21(18)20(14)22-9-16-10-23(12-22)13-24(11-16)15(22)2/h3-8,15-16H,9-13H2,1-2H3/t15-,16?,22?/m1/s1. The van der Waals surface area contributed by atoms with Gasteiger partial charge in [-0.15, -0.1) is 0 Å². The maximum absolute atomic E-state index is 6.47. The van der Waals surface area contributed by atoms with Crippen LogP contribution in [0.5, 0.6) is 0 Å². The molecular weight excluding hydrogens is 308 g/mol. The first-order chi connectivity index (χ1) is 12.2. The summed E-state index contributed by atoms with van der Waals surface area (Å²) in [5.41, 5.74) is 5.23. The normalized spacial score (nSPS) is 36.6. The van der Waals surface area contributed by atoms with Crippen LogP contribution < -0.4 is 0 Å². The second-order valence-electron chi connectivity index (χ2n) is 8.56. The average molecular weight is 332 g/mol. The summed E-state index contributed by atoms with van der Waals surface area (Å²) in [7, 11) is 0. The molecule has 5 heterocycles. The molecule has 7 rings (SSSR count). The van der Waals surface area contributed by atoms with Gasteiger partial charge in [0.25, 0.3) is 0 Å². The van der Waals surface area contributed by atoms with Crippen LogP contribution in [-0.2, 0) is 5.41 Å². The third-order valence-corrected chi connectivity index (χ3v) is 7.15. The summed E-state index contributed by atoms with van der Waals surface area (Å²) in [4.78, 5) is 5.36. The summed E-state index contributed by atoms with van der Waals surface area (Å²) in [6, 6.07) is 13.6. The molecule has 5 atom stereocenters. The molecule has 128 valence electrons. The highest BCUT2D eigenvalue weighted by Gasteiger charge is 2.56. The Kier molecular flexibility index (Phi) is 2.67. The van der Waals surface area contributed by atoms with E-state index >= 15 is 0 Å². The Labute approximate surface area is 148 Å². The predicted molar refractivity (Wildman–Crippen MR) is 101 cm³/mol. The van der Waals surface area contributed by atoms with Gasteiger partial charge >= 0.3 is 0 Å². The molecule has 1 aromatic heterocycles. The summed E-state index contributed by atoms with van der Waals surface area (Å²) >= 11 is 0. The SMILES string of the molecule is Cc1ccc2c(oc3ccccc32)c1C12CC3CN(CN(C3)[C@@H]1C)C2. The van der Waals surface area contributed by atoms with Gasteiger partial charge in [0.05, 0.1) is 6.67 Å². The van der Waals surface area contributed by atoms with Crippen LogP contribution in [0.15, 0.2) is 40.8 Å². The average Bonchev–Trinajstić information content (AvgIpc) is 2.97. The lowest BCUT2D eigenvalue weighted by Crippen LogP contribution is -2.72. The molecule has 2 aromatic carbocycles. The van der Waals surface area contributed by atoms with E-state index in [1.54, 1.807) is 0 Å². The Bertz CT molecular complexity index is 990. The van der Waals surface area contributed by atoms with Crippen LogP contribution in [0.25, 0.3) is 21.9 Å². The molecule has 0 amide bonds. The van der Waals surface area contributed by atoms with E-state index in [-0.39, 0.29) is 5.41 Å². The first-order valence-corrected chi connectivity index (χ1v) is 9.53. The second-order valence-corrected chi connectivity index (χ2v) is 8.56. The molecule has 4 aliphatic rings. The van der Waals surface area contributed by atoms with Crippen molar-refractivity contribution in [2.45, 2.75) is 31.7 Å². The molecule has 4 aliphatic heterocycles. The van der Waals surface area contributed by atoms with E-state index < -0.39 is 0 Å². The van der Waals surface area contributed by atoms with Crippen LogP contribution in [-0.4, -0.2) is 42.1 Å². The van der Waals surface area contributed by atoms with E-state index in [2.05, 4.69) is 60.0 Å². The molecule has 3 aromatic rings. The molecule has 4 saturated heterocycles. The topological polar surface area (TPSA) is 19.6 Å². The molecule has 3 heteroatoms. The lowest BCUT2D eigenvalue weighted by atomic mass is 9.61. The van der Waals surface area contributed by atoms with Crippen molar-refractivity contribution in [3.8, 4) is 0 Å². The third kappa shape index (κ3) is 1.73. The van der Waals surface area contributed by atoms with E-state index in [4.69, 9.17) is 4.42 Å². The smallest absolute Gasteiger partial charge is 0.139 e. The van der Waals surface area contributed by atoms with Gasteiger partial charge in [0.2, 0.25) is 0 Å². The van der Waals surface area contributed by atoms with E-state index in [1.165, 1.54) is 48.0 Å². The van der Waals surface area contributed by atoms with E-state index in [1.807, 2.05) is 0 Å². The highest BCUT2D eigenvalue weighted by Crippen LogP contribution is 2.51. The predicted octanol–water partition coefficient (Wildman–Crippen LogP) is 4.13. The number of aryl methyl sites for hydroxylation is 1. The fourth-order valence-corrected chi connectivity index (χ4v) is 6.18. The Balaban J connectivity index is 1.67. The Hall–Kier alpha value is -1.84. The van der Waals surface area contributed by atoms with Gasteiger partial charge in [0, 0.05) is 47.4 Å². The summed E-state index contributed by atoms with van der Waals surface area (Å²) in [6.07, 6.45) is 1.30. The summed E-state index contributed by atoms with van der Waals surface area (Å²) in [5.74, 6) is 0.803. The van der Waals surface area contributed by atoms with Gasteiger partial charge < -0.3 is 4.42 Å². The third-order valence-electron chi connectivity index (χ3n) is 7.15. The molecule has 0 radical (unpaired) electrons. The zero-order valence-corrected chi connectivity index (χ0v) is 15.0. The number of piperidine rings is 2. The number of benzene rings is 2. The van der Waals surface area contributed by atoms with Crippen LogP contribution in [0.1, 0.15) is 24.5 Å². The van der Waals surface area contributed by atoms with Crippen LogP contribution in [0.4, 0.5) is 0 Å². The highest BCUT2D eigenvalue weighted by atomic mass is 16.3. The van der Waals surface area contributed by atoms with Gasteiger partial charge in [-0.25, -0.2) is 0 Å². The zero-order chi connectivity index (χ0) is 16.8. The van der Waals surface area contributed by atoms with Gasteiger partial charge in [-0.1, -0.05) is 30.3 Å². The van der Waals surface area contributed by atoms with Gasteiger partial charge in [0.1, 0.15) is 11.2 Å². The van der Waals surface area contributed by atoms with Crippen molar-refractivity contribution in [1.29, 1.82) is 0 Å². The van der Waals surface area contributed by atoms with Crippen LogP contribution in [0.2, 0.25) is 0 Å². The number of nitrogens with zero attached hydrogens (tertiary/aromatic N) is 2. The first kappa shape index (κ1) is 14.3. The molecule has 4 unspecified atom stereocenters. The Morgan fingerprint density at radius 1 is 1.08 bits per heavy atom. The second kappa shape index (κ2) is 4.66. The number of hydrogen-bond donors (Lipinski definition) is 0. The van der Waals surface area contributed by atoms with E-state index in [0.717, 1.165) is 23.8 Å². The van der Waals surface area contributed by atoms with Gasteiger partial charge in [0.15, 0.2) is 0 Å². The molecule has 25 heavy (non-hydrogen) atoms. The Morgan fingerprint density at radius 3 is 2.84 bits per heavy atom. The van der Waals surface area contributed by atoms with E-state index in [0.29, 0.717) is 6.04 Å². The van der Waals surface area contributed by atoms with Crippen molar-refractivity contribution >= 4 is 21.9 Å². The van der Waals surface area contributed by atoms with Crippen molar-refractivity contribution in [3.05, 3.63) is 47.5 Å². The molecule has 4 bridgehead atoms. The molecule has 0 spiro atoms. The Morgan fingerprint density at radius 2 is 1.96 bits per heavy atom. The minimum atomic E-state index is 0.205. The van der Waals surface area contributed by atoms with Crippen LogP contribution in [0, 0.1) is 12.8 Å².